The number of hydrogen-bond donors (Lipinski definition) is 2. The molecule has 1 aliphatic rings. The molecule has 0 aliphatic carbocycles. The fraction of sp³-hybridized carbons (Fsp3) is 0.231. The highest BCUT2D eigenvalue weighted by Crippen LogP contribution is 2.20. The average molecular weight is 276 g/mol. The van der Waals surface area contributed by atoms with Gasteiger partial charge in [0, 0.05) is 17.6 Å². The Labute approximate surface area is 116 Å². The number of aryl methyl sites for hydroxylation is 1. The quantitative estimate of drug-likeness (QED) is 0.883. The van der Waals surface area contributed by atoms with Crippen molar-refractivity contribution in [1.82, 2.24) is 15.1 Å². The van der Waals surface area contributed by atoms with Crippen molar-refractivity contribution in [3.05, 3.63) is 41.0 Å². The molecule has 0 radical (unpaired) electrons. The van der Waals surface area contributed by atoms with Crippen molar-refractivity contribution < 1.29 is 0 Å². The summed E-state index contributed by atoms with van der Waals surface area (Å²) >= 11 is 6.03. The largest absolute Gasteiger partial charge is 0.354 e. The molecule has 1 aromatic carbocycles. The summed E-state index contributed by atoms with van der Waals surface area (Å²) in [5.41, 5.74) is 1.85. The lowest BCUT2D eigenvalue weighted by Crippen LogP contribution is -2.27. The van der Waals surface area contributed by atoms with Crippen LogP contribution in [0.25, 0.3) is 5.69 Å². The molecule has 19 heavy (non-hydrogen) atoms. The summed E-state index contributed by atoms with van der Waals surface area (Å²) in [6, 6.07) is 9.57. The molecular formula is C13H14ClN5. The van der Waals surface area contributed by atoms with Gasteiger partial charge in [-0.1, -0.05) is 17.7 Å². The van der Waals surface area contributed by atoms with Crippen LogP contribution >= 0.6 is 11.6 Å². The van der Waals surface area contributed by atoms with E-state index in [1.807, 2.05) is 41.9 Å². The van der Waals surface area contributed by atoms with Crippen molar-refractivity contribution >= 4 is 23.4 Å². The number of hydrogen-bond acceptors (Lipinski definition) is 4. The average Bonchev–Trinajstić information content (AvgIpc) is 3.00. The van der Waals surface area contributed by atoms with Gasteiger partial charge in [-0.2, -0.15) is 5.10 Å². The number of nitrogens with one attached hydrogen (secondary N) is 2. The predicted molar refractivity (Wildman–Crippen MR) is 77.2 cm³/mol. The summed E-state index contributed by atoms with van der Waals surface area (Å²) in [6.45, 7) is 3.62. The van der Waals surface area contributed by atoms with Gasteiger partial charge in [0.15, 0.2) is 5.96 Å². The zero-order chi connectivity index (χ0) is 13.2. The fourth-order valence-corrected chi connectivity index (χ4v) is 2.18. The maximum absolute atomic E-state index is 6.03. The van der Waals surface area contributed by atoms with Crippen LogP contribution < -0.4 is 10.6 Å². The fourth-order valence-electron chi connectivity index (χ4n) is 2.00. The second-order valence-electron chi connectivity index (χ2n) is 4.34. The van der Waals surface area contributed by atoms with Crippen molar-refractivity contribution in [2.75, 3.05) is 18.4 Å². The Morgan fingerprint density at radius 1 is 1.37 bits per heavy atom. The molecule has 2 heterocycles. The first-order valence-electron chi connectivity index (χ1n) is 6.10. The molecule has 0 bridgehead atoms. The molecule has 98 valence electrons. The molecular weight excluding hydrogens is 262 g/mol. The molecule has 6 heteroatoms. The zero-order valence-corrected chi connectivity index (χ0v) is 11.3. The third kappa shape index (κ3) is 2.56. The molecule has 2 aromatic rings. The molecule has 2 N–H and O–H groups in total. The van der Waals surface area contributed by atoms with E-state index in [9.17, 15) is 0 Å². The van der Waals surface area contributed by atoms with Gasteiger partial charge >= 0.3 is 0 Å². The van der Waals surface area contributed by atoms with E-state index >= 15 is 0 Å². The molecule has 0 fully saturated rings. The number of guanidine groups is 1. The first-order chi connectivity index (χ1) is 9.22. The third-order valence-electron chi connectivity index (χ3n) is 2.80. The van der Waals surface area contributed by atoms with Gasteiger partial charge in [-0.25, -0.2) is 4.68 Å². The summed E-state index contributed by atoms with van der Waals surface area (Å²) in [7, 11) is 0. The number of aliphatic imine (C=N–C) groups is 1. The van der Waals surface area contributed by atoms with Crippen molar-refractivity contribution in [1.29, 1.82) is 0 Å². The highest BCUT2D eigenvalue weighted by Gasteiger charge is 2.11. The van der Waals surface area contributed by atoms with Crippen LogP contribution in [-0.2, 0) is 0 Å². The SMILES string of the molecule is Cc1cc(NC2=NCCN2)n(-c2cccc(Cl)c2)n1. The Balaban J connectivity index is 1.96. The number of benzene rings is 1. The number of aromatic nitrogens is 2. The van der Waals surface area contributed by atoms with E-state index in [-0.39, 0.29) is 0 Å². The van der Waals surface area contributed by atoms with E-state index in [0.717, 1.165) is 36.2 Å². The Bertz CT molecular complexity index is 632. The summed E-state index contributed by atoms with van der Waals surface area (Å²) in [6.07, 6.45) is 0. The Hall–Kier alpha value is -2.01. The van der Waals surface area contributed by atoms with Gasteiger partial charge < -0.3 is 10.6 Å². The first kappa shape index (κ1) is 12.0. The monoisotopic (exact) mass is 275 g/mol. The van der Waals surface area contributed by atoms with Gasteiger partial charge in [-0.05, 0) is 25.1 Å². The second-order valence-corrected chi connectivity index (χ2v) is 4.78. The van der Waals surface area contributed by atoms with E-state index < -0.39 is 0 Å². The minimum Gasteiger partial charge on any atom is -0.354 e. The van der Waals surface area contributed by atoms with Crippen molar-refractivity contribution in [2.45, 2.75) is 6.92 Å². The minimum absolute atomic E-state index is 0.688. The smallest absolute Gasteiger partial charge is 0.197 e. The molecule has 1 aromatic heterocycles. The predicted octanol–water partition coefficient (Wildman–Crippen LogP) is 2.21. The van der Waals surface area contributed by atoms with Crippen LogP contribution in [0, 0.1) is 6.92 Å². The van der Waals surface area contributed by atoms with Crippen LogP contribution in [-0.4, -0.2) is 28.8 Å². The molecule has 5 nitrogen and oxygen atoms in total. The topological polar surface area (TPSA) is 54.2 Å². The molecule has 0 amide bonds. The Morgan fingerprint density at radius 2 is 2.26 bits per heavy atom. The van der Waals surface area contributed by atoms with Crippen molar-refractivity contribution in [3.63, 3.8) is 0 Å². The molecule has 0 saturated heterocycles. The van der Waals surface area contributed by atoms with Gasteiger partial charge in [0.1, 0.15) is 5.82 Å². The molecule has 3 rings (SSSR count). The van der Waals surface area contributed by atoms with Gasteiger partial charge in [0.2, 0.25) is 0 Å². The van der Waals surface area contributed by atoms with E-state index in [2.05, 4.69) is 20.7 Å². The summed E-state index contributed by atoms with van der Waals surface area (Å²) < 4.78 is 1.82. The van der Waals surface area contributed by atoms with E-state index in [1.54, 1.807) is 0 Å². The number of rotatable bonds is 2. The van der Waals surface area contributed by atoms with E-state index in [0.29, 0.717) is 5.02 Å². The number of anilines is 1. The van der Waals surface area contributed by atoms with Crippen LogP contribution in [0.5, 0.6) is 0 Å². The summed E-state index contributed by atoms with van der Waals surface area (Å²) in [4.78, 5) is 4.32. The molecule has 0 spiro atoms. The molecule has 1 aliphatic heterocycles. The van der Waals surface area contributed by atoms with Gasteiger partial charge in [0.25, 0.3) is 0 Å². The minimum atomic E-state index is 0.688. The van der Waals surface area contributed by atoms with Gasteiger partial charge in [-0.3, -0.25) is 4.99 Å². The van der Waals surface area contributed by atoms with E-state index in [4.69, 9.17) is 11.6 Å². The summed E-state index contributed by atoms with van der Waals surface area (Å²) in [5.74, 6) is 1.65. The van der Waals surface area contributed by atoms with Crippen LogP contribution in [0.2, 0.25) is 5.02 Å². The number of halogens is 1. The maximum Gasteiger partial charge on any atom is 0.197 e. The summed E-state index contributed by atoms with van der Waals surface area (Å²) in [5, 5.41) is 11.6. The highest BCUT2D eigenvalue weighted by atomic mass is 35.5. The lowest BCUT2D eigenvalue weighted by atomic mass is 10.3. The Morgan fingerprint density at radius 3 is 3.00 bits per heavy atom. The lowest BCUT2D eigenvalue weighted by molar-refractivity contribution is 0.869. The van der Waals surface area contributed by atoms with Crippen LogP contribution in [0.15, 0.2) is 35.3 Å². The van der Waals surface area contributed by atoms with Crippen LogP contribution in [0.1, 0.15) is 5.69 Å². The standard InChI is InChI=1S/C13H14ClN5/c1-9-7-12(17-13-15-5-6-16-13)19(18-9)11-4-2-3-10(14)8-11/h2-4,7-8H,5-6H2,1H3,(H2,15,16,17). The maximum atomic E-state index is 6.03. The first-order valence-corrected chi connectivity index (χ1v) is 6.48. The van der Waals surface area contributed by atoms with Crippen molar-refractivity contribution in [2.24, 2.45) is 4.99 Å². The van der Waals surface area contributed by atoms with E-state index in [1.165, 1.54) is 0 Å². The Kier molecular flexibility index (Phi) is 3.13. The zero-order valence-electron chi connectivity index (χ0n) is 10.5. The molecule has 0 unspecified atom stereocenters. The highest BCUT2D eigenvalue weighted by molar-refractivity contribution is 6.30. The second kappa shape index (κ2) is 4.93. The normalized spacial score (nSPS) is 14.1. The van der Waals surface area contributed by atoms with Crippen molar-refractivity contribution in [3.8, 4) is 5.69 Å². The molecule has 0 atom stereocenters. The lowest BCUT2D eigenvalue weighted by Gasteiger charge is -2.10. The molecule has 0 saturated carbocycles. The van der Waals surface area contributed by atoms with Gasteiger partial charge in [-0.15, -0.1) is 0 Å². The number of nitrogens with zero attached hydrogens (tertiary/aromatic N) is 3. The van der Waals surface area contributed by atoms with Crippen LogP contribution in [0.3, 0.4) is 0 Å². The van der Waals surface area contributed by atoms with Crippen LogP contribution in [0.4, 0.5) is 5.82 Å². The van der Waals surface area contributed by atoms with Gasteiger partial charge in [0.05, 0.1) is 17.9 Å². The third-order valence-corrected chi connectivity index (χ3v) is 3.04.